The van der Waals surface area contributed by atoms with Crippen LogP contribution in [-0.2, 0) is 14.8 Å². The molecule has 0 fully saturated rings. The van der Waals surface area contributed by atoms with E-state index in [0.717, 1.165) is 10.5 Å². The molecule has 4 N–H and O–H groups in total. The van der Waals surface area contributed by atoms with Crippen LogP contribution >= 0.6 is 11.8 Å². The van der Waals surface area contributed by atoms with Gasteiger partial charge in [-0.2, -0.15) is 0 Å². The van der Waals surface area contributed by atoms with E-state index in [2.05, 4.69) is 10.6 Å². The van der Waals surface area contributed by atoms with E-state index in [1.165, 1.54) is 36.0 Å². The van der Waals surface area contributed by atoms with E-state index in [4.69, 9.17) is 5.14 Å². The molecule has 0 unspecified atom stereocenters. The fourth-order valence-corrected chi connectivity index (χ4v) is 4.03. The van der Waals surface area contributed by atoms with Gasteiger partial charge in [0, 0.05) is 21.8 Å². The van der Waals surface area contributed by atoms with Crippen molar-refractivity contribution in [1.29, 1.82) is 0 Å². The second kappa shape index (κ2) is 9.78. The highest BCUT2D eigenvalue weighted by atomic mass is 32.2. The van der Waals surface area contributed by atoms with Gasteiger partial charge >= 0.3 is 0 Å². The van der Waals surface area contributed by atoms with Crippen LogP contribution < -0.4 is 15.8 Å². The number of hydrogen-bond donors (Lipinski definition) is 3. The summed E-state index contributed by atoms with van der Waals surface area (Å²) in [4.78, 5) is 25.5. The first-order valence-electron chi connectivity index (χ1n) is 9.25. The van der Waals surface area contributed by atoms with Gasteiger partial charge in [-0.25, -0.2) is 13.6 Å². The summed E-state index contributed by atoms with van der Waals surface area (Å²) in [6, 6.07) is 20.2. The molecule has 0 aromatic heterocycles. The van der Waals surface area contributed by atoms with Crippen LogP contribution in [0.1, 0.15) is 15.9 Å². The molecule has 0 bridgehead atoms. The zero-order chi connectivity index (χ0) is 22.4. The molecule has 0 aliphatic heterocycles. The van der Waals surface area contributed by atoms with E-state index >= 15 is 0 Å². The van der Waals surface area contributed by atoms with E-state index in [0.29, 0.717) is 16.9 Å². The Morgan fingerprint density at radius 1 is 0.903 bits per heavy atom. The highest BCUT2D eigenvalue weighted by molar-refractivity contribution is 8.00. The van der Waals surface area contributed by atoms with Gasteiger partial charge in [0.05, 0.1) is 10.6 Å². The number of benzene rings is 3. The maximum absolute atomic E-state index is 12.5. The van der Waals surface area contributed by atoms with Gasteiger partial charge in [-0.05, 0) is 61.0 Å². The Bertz CT molecular complexity index is 1210. The molecule has 0 spiro atoms. The molecule has 0 aliphatic rings. The lowest BCUT2D eigenvalue weighted by Crippen LogP contribution is -2.15. The smallest absolute Gasteiger partial charge is 0.255 e. The van der Waals surface area contributed by atoms with Crippen molar-refractivity contribution in [3.8, 4) is 0 Å². The summed E-state index contributed by atoms with van der Waals surface area (Å²) in [5.74, 6) is -0.296. The molecule has 0 saturated heterocycles. The predicted molar refractivity (Wildman–Crippen MR) is 123 cm³/mol. The van der Waals surface area contributed by atoms with E-state index < -0.39 is 10.0 Å². The summed E-state index contributed by atoms with van der Waals surface area (Å²) in [6.45, 7) is 1.88. The first kappa shape index (κ1) is 22.5. The third-order valence-corrected chi connectivity index (χ3v) is 6.24. The van der Waals surface area contributed by atoms with Crippen molar-refractivity contribution < 1.29 is 18.0 Å². The standard InChI is InChI=1S/C22H21N3O4S2/c1-15-5-2-3-8-20(15)22(27)25-17-6-4-7-18(13-17)30-14-21(26)24-16-9-11-19(12-10-16)31(23,28)29/h2-13H,14H2,1H3,(H,24,26)(H,25,27)(H2,23,28,29). The van der Waals surface area contributed by atoms with E-state index in [9.17, 15) is 18.0 Å². The number of sulfonamides is 1. The highest BCUT2D eigenvalue weighted by Crippen LogP contribution is 2.23. The van der Waals surface area contributed by atoms with Crippen LogP contribution in [0.25, 0.3) is 0 Å². The molecule has 0 atom stereocenters. The minimum absolute atomic E-state index is 0.0237. The summed E-state index contributed by atoms with van der Waals surface area (Å²) in [6.07, 6.45) is 0. The van der Waals surface area contributed by atoms with Gasteiger partial charge in [-0.15, -0.1) is 11.8 Å². The average Bonchev–Trinajstić information content (AvgIpc) is 2.72. The van der Waals surface area contributed by atoms with Crippen LogP contribution in [0.2, 0.25) is 0 Å². The molecule has 0 radical (unpaired) electrons. The van der Waals surface area contributed by atoms with E-state index in [1.54, 1.807) is 24.3 Å². The van der Waals surface area contributed by atoms with Crippen molar-refractivity contribution >= 4 is 45.0 Å². The molecule has 3 aromatic carbocycles. The molecule has 0 saturated carbocycles. The lowest BCUT2D eigenvalue weighted by atomic mass is 10.1. The zero-order valence-electron chi connectivity index (χ0n) is 16.7. The van der Waals surface area contributed by atoms with Gasteiger partial charge in [0.2, 0.25) is 15.9 Å². The monoisotopic (exact) mass is 455 g/mol. The van der Waals surface area contributed by atoms with Crippen molar-refractivity contribution in [3.63, 3.8) is 0 Å². The number of carbonyl (C=O) groups excluding carboxylic acids is 2. The molecular weight excluding hydrogens is 434 g/mol. The molecule has 2 amide bonds. The Kier molecular flexibility index (Phi) is 7.11. The average molecular weight is 456 g/mol. The highest BCUT2D eigenvalue weighted by Gasteiger charge is 2.10. The quantitative estimate of drug-likeness (QED) is 0.470. The number of aryl methyl sites for hydroxylation is 1. The maximum atomic E-state index is 12.5. The fourth-order valence-electron chi connectivity index (χ4n) is 2.76. The number of nitrogens with one attached hydrogen (secondary N) is 2. The van der Waals surface area contributed by atoms with Gasteiger partial charge in [-0.3, -0.25) is 9.59 Å². The minimum atomic E-state index is -3.77. The molecule has 9 heteroatoms. The Morgan fingerprint density at radius 3 is 2.29 bits per heavy atom. The number of anilines is 2. The normalized spacial score (nSPS) is 11.0. The van der Waals surface area contributed by atoms with Crippen LogP contribution in [0, 0.1) is 6.92 Å². The molecule has 160 valence electrons. The lowest BCUT2D eigenvalue weighted by molar-refractivity contribution is -0.113. The van der Waals surface area contributed by atoms with E-state index in [1.807, 2.05) is 31.2 Å². The Morgan fingerprint density at radius 2 is 1.61 bits per heavy atom. The van der Waals surface area contributed by atoms with Crippen molar-refractivity contribution in [2.45, 2.75) is 16.7 Å². The second-order valence-electron chi connectivity index (χ2n) is 6.70. The molecule has 3 rings (SSSR count). The van der Waals surface area contributed by atoms with Crippen molar-refractivity contribution in [3.05, 3.63) is 83.9 Å². The largest absolute Gasteiger partial charge is 0.325 e. The summed E-state index contributed by atoms with van der Waals surface area (Å²) in [5, 5.41) is 10.6. The first-order valence-corrected chi connectivity index (χ1v) is 11.8. The minimum Gasteiger partial charge on any atom is -0.325 e. The molecular formula is C22H21N3O4S2. The van der Waals surface area contributed by atoms with Crippen LogP contribution in [-0.4, -0.2) is 26.0 Å². The SMILES string of the molecule is Cc1ccccc1C(=O)Nc1cccc(SCC(=O)Nc2ccc(S(N)(=O)=O)cc2)c1. The van der Waals surface area contributed by atoms with Crippen molar-refractivity contribution in [1.82, 2.24) is 0 Å². The van der Waals surface area contributed by atoms with Gasteiger partial charge in [0.1, 0.15) is 0 Å². The predicted octanol–water partition coefficient (Wildman–Crippen LogP) is 3.63. The summed E-state index contributed by atoms with van der Waals surface area (Å²) < 4.78 is 22.6. The van der Waals surface area contributed by atoms with Gasteiger partial charge < -0.3 is 10.6 Å². The first-order chi connectivity index (χ1) is 14.7. The molecule has 0 aliphatic carbocycles. The molecule has 7 nitrogen and oxygen atoms in total. The molecule has 0 heterocycles. The third kappa shape index (κ3) is 6.42. The number of carbonyl (C=O) groups is 2. The summed E-state index contributed by atoms with van der Waals surface area (Å²) in [7, 11) is -3.77. The zero-order valence-corrected chi connectivity index (χ0v) is 18.3. The van der Waals surface area contributed by atoms with E-state index in [-0.39, 0.29) is 22.5 Å². The number of nitrogens with two attached hydrogens (primary N) is 1. The number of primary sulfonamides is 1. The van der Waals surface area contributed by atoms with Gasteiger partial charge in [-0.1, -0.05) is 24.3 Å². The number of thioether (sulfide) groups is 1. The van der Waals surface area contributed by atoms with Crippen LogP contribution in [0.3, 0.4) is 0 Å². The van der Waals surface area contributed by atoms with Crippen LogP contribution in [0.4, 0.5) is 11.4 Å². The third-order valence-electron chi connectivity index (χ3n) is 4.32. The fraction of sp³-hybridized carbons (Fsp3) is 0.0909. The lowest BCUT2D eigenvalue weighted by Gasteiger charge is -2.09. The summed E-state index contributed by atoms with van der Waals surface area (Å²) in [5.41, 5.74) is 2.60. The topological polar surface area (TPSA) is 118 Å². The van der Waals surface area contributed by atoms with Crippen molar-refractivity contribution in [2.24, 2.45) is 5.14 Å². The van der Waals surface area contributed by atoms with Gasteiger partial charge in [0.25, 0.3) is 5.91 Å². The Labute approximate surface area is 185 Å². The van der Waals surface area contributed by atoms with Crippen LogP contribution in [0.5, 0.6) is 0 Å². The Balaban J connectivity index is 1.56. The number of hydrogen-bond acceptors (Lipinski definition) is 5. The second-order valence-corrected chi connectivity index (χ2v) is 9.31. The number of amides is 2. The molecule has 31 heavy (non-hydrogen) atoms. The maximum Gasteiger partial charge on any atom is 0.255 e. The molecule has 3 aromatic rings. The van der Waals surface area contributed by atoms with Crippen molar-refractivity contribution in [2.75, 3.05) is 16.4 Å². The van der Waals surface area contributed by atoms with Crippen LogP contribution in [0.15, 0.2) is 82.6 Å². The number of rotatable bonds is 7. The summed E-state index contributed by atoms with van der Waals surface area (Å²) >= 11 is 1.32. The van der Waals surface area contributed by atoms with Gasteiger partial charge in [0.15, 0.2) is 0 Å². The Hall–Kier alpha value is -3.14.